The maximum absolute atomic E-state index is 5.96. The molecule has 0 unspecified atom stereocenters. The highest BCUT2D eigenvalue weighted by Gasteiger charge is 2.20. The number of hydrogen-bond acceptors (Lipinski definition) is 3. The van der Waals surface area contributed by atoms with Crippen molar-refractivity contribution in [1.29, 1.82) is 0 Å². The van der Waals surface area contributed by atoms with Gasteiger partial charge in [0, 0.05) is 5.56 Å². The first-order chi connectivity index (χ1) is 6.85. The summed E-state index contributed by atoms with van der Waals surface area (Å²) >= 11 is 5.96. The van der Waals surface area contributed by atoms with Gasteiger partial charge in [-0.15, -0.1) is 0 Å². The Morgan fingerprint density at radius 2 is 1.87 bits per heavy atom. The maximum Gasteiger partial charge on any atom is 0.221 e. The molecule has 1 heterocycles. The Bertz CT molecular complexity index is 364. The van der Waals surface area contributed by atoms with Crippen molar-refractivity contribution in [3.8, 4) is 5.88 Å². The quantitative estimate of drug-likeness (QED) is 0.745. The van der Waals surface area contributed by atoms with Crippen molar-refractivity contribution in [2.75, 3.05) is 0 Å². The zero-order valence-corrected chi connectivity index (χ0v) is 10.6. The Morgan fingerprint density at radius 1 is 1.27 bits per heavy atom. The summed E-state index contributed by atoms with van der Waals surface area (Å²) in [4.78, 5) is 8.31. The van der Waals surface area contributed by atoms with Gasteiger partial charge in [-0.1, -0.05) is 18.5 Å². The van der Waals surface area contributed by atoms with Crippen molar-refractivity contribution >= 4 is 11.6 Å². The van der Waals surface area contributed by atoms with E-state index in [2.05, 4.69) is 16.9 Å². The van der Waals surface area contributed by atoms with Gasteiger partial charge in [-0.05, 0) is 34.1 Å². The van der Waals surface area contributed by atoms with E-state index < -0.39 is 0 Å². The molecule has 1 aromatic rings. The van der Waals surface area contributed by atoms with Crippen LogP contribution in [0.25, 0.3) is 0 Å². The van der Waals surface area contributed by atoms with Gasteiger partial charge < -0.3 is 4.74 Å². The first-order valence-corrected chi connectivity index (χ1v) is 5.43. The van der Waals surface area contributed by atoms with Gasteiger partial charge in [0.25, 0.3) is 0 Å². The van der Waals surface area contributed by atoms with E-state index in [9.17, 15) is 0 Å². The summed E-state index contributed by atoms with van der Waals surface area (Å²) in [7, 11) is 0. The molecule has 0 bridgehead atoms. The summed E-state index contributed by atoms with van der Waals surface area (Å²) in [5.41, 5.74) is 0.568. The van der Waals surface area contributed by atoms with Crippen LogP contribution in [0, 0.1) is 13.8 Å². The molecule has 1 aromatic heterocycles. The SMILES string of the molecule is CCC(C)(C)Oc1nc(C)nc(Cl)c1C. The smallest absolute Gasteiger partial charge is 0.221 e. The molecule has 0 aromatic carbocycles. The Hall–Kier alpha value is -0.830. The molecule has 0 saturated heterocycles. The Balaban J connectivity index is 3.05. The van der Waals surface area contributed by atoms with Crippen molar-refractivity contribution in [2.45, 2.75) is 46.6 Å². The molecule has 84 valence electrons. The average Bonchev–Trinajstić information content (AvgIpc) is 2.13. The lowest BCUT2D eigenvalue weighted by atomic mass is 10.1. The maximum atomic E-state index is 5.96. The predicted molar refractivity (Wildman–Crippen MR) is 61.5 cm³/mol. The minimum atomic E-state index is -0.227. The highest BCUT2D eigenvalue weighted by Crippen LogP contribution is 2.26. The van der Waals surface area contributed by atoms with Crippen LogP contribution in [0.3, 0.4) is 0 Å². The van der Waals surface area contributed by atoms with E-state index in [0.29, 0.717) is 16.9 Å². The second-order valence-electron chi connectivity index (χ2n) is 4.21. The topological polar surface area (TPSA) is 35.0 Å². The van der Waals surface area contributed by atoms with Crippen molar-refractivity contribution in [2.24, 2.45) is 0 Å². The van der Waals surface area contributed by atoms with Gasteiger partial charge in [0.15, 0.2) is 0 Å². The normalized spacial score (nSPS) is 11.6. The summed E-state index contributed by atoms with van der Waals surface area (Å²) in [6, 6.07) is 0. The van der Waals surface area contributed by atoms with Gasteiger partial charge >= 0.3 is 0 Å². The molecular formula is C11H17ClN2O. The number of halogens is 1. The molecule has 0 saturated carbocycles. The molecule has 0 radical (unpaired) electrons. The molecule has 15 heavy (non-hydrogen) atoms. The van der Waals surface area contributed by atoms with Crippen LogP contribution < -0.4 is 4.74 Å². The van der Waals surface area contributed by atoms with Crippen LogP contribution in [0.4, 0.5) is 0 Å². The van der Waals surface area contributed by atoms with E-state index in [0.717, 1.165) is 12.0 Å². The zero-order valence-electron chi connectivity index (χ0n) is 9.89. The highest BCUT2D eigenvalue weighted by atomic mass is 35.5. The summed E-state index contributed by atoms with van der Waals surface area (Å²) in [6.45, 7) is 9.79. The van der Waals surface area contributed by atoms with Crippen LogP contribution in [0.1, 0.15) is 38.6 Å². The lowest BCUT2D eigenvalue weighted by Crippen LogP contribution is -2.28. The number of aromatic nitrogens is 2. The number of hydrogen-bond donors (Lipinski definition) is 0. The summed E-state index contributed by atoms with van der Waals surface area (Å²) in [5, 5.41) is 0.462. The lowest BCUT2D eigenvalue weighted by molar-refractivity contribution is 0.0975. The molecule has 0 atom stereocenters. The average molecular weight is 229 g/mol. The van der Waals surface area contributed by atoms with Crippen LogP contribution in [0.15, 0.2) is 0 Å². The van der Waals surface area contributed by atoms with E-state index in [4.69, 9.17) is 16.3 Å². The standard InChI is InChI=1S/C11H17ClN2O/c1-6-11(4,5)15-10-7(2)9(12)13-8(3)14-10/h6H2,1-5H3. The molecule has 0 aliphatic rings. The lowest BCUT2D eigenvalue weighted by Gasteiger charge is -2.25. The molecule has 0 N–H and O–H groups in total. The van der Waals surface area contributed by atoms with Crippen molar-refractivity contribution < 1.29 is 4.74 Å². The minimum Gasteiger partial charge on any atom is -0.471 e. The summed E-state index contributed by atoms with van der Waals surface area (Å²) in [6.07, 6.45) is 0.910. The first-order valence-electron chi connectivity index (χ1n) is 5.05. The van der Waals surface area contributed by atoms with Gasteiger partial charge in [-0.25, -0.2) is 4.98 Å². The Labute approximate surface area is 95.8 Å². The van der Waals surface area contributed by atoms with Crippen LogP contribution in [-0.4, -0.2) is 15.6 Å². The Morgan fingerprint density at radius 3 is 2.40 bits per heavy atom. The number of rotatable bonds is 3. The van der Waals surface area contributed by atoms with Gasteiger partial charge in [0.05, 0.1) is 0 Å². The monoisotopic (exact) mass is 228 g/mol. The van der Waals surface area contributed by atoms with Crippen LogP contribution >= 0.6 is 11.6 Å². The van der Waals surface area contributed by atoms with Gasteiger partial charge in [0.2, 0.25) is 5.88 Å². The molecule has 0 spiro atoms. The van der Waals surface area contributed by atoms with E-state index in [1.54, 1.807) is 6.92 Å². The zero-order chi connectivity index (χ0) is 11.6. The second kappa shape index (κ2) is 4.35. The fourth-order valence-corrected chi connectivity index (χ4v) is 1.21. The fraction of sp³-hybridized carbons (Fsp3) is 0.636. The predicted octanol–water partition coefficient (Wildman–Crippen LogP) is 3.31. The third-order valence-electron chi connectivity index (χ3n) is 2.38. The van der Waals surface area contributed by atoms with E-state index >= 15 is 0 Å². The van der Waals surface area contributed by atoms with Crippen molar-refractivity contribution in [1.82, 2.24) is 9.97 Å². The van der Waals surface area contributed by atoms with Crippen LogP contribution in [0.2, 0.25) is 5.15 Å². The molecule has 1 rings (SSSR count). The van der Waals surface area contributed by atoms with Crippen molar-refractivity contribution in [3.63, 3.8) is 0 Å². The molecule has 4 heteroatoms. The summed E-state index contributed by atoms with van der Waals surface area (Å²) in [5.74, 6) is 1.21. The van der Waals surface area contributed by atoms with E-state index in [-0.39, 0.29) is 5.60 Å². The minimum absolute atomic E-state index is 0.227. The third kappa shape index (κ3) is 3.06. The molecule has 0 amide bonds. The molecule has 3 nitrogen and oxygen atoms in total. The largest absolute Gasteiger partial charge is 0.471 e. The number of aryl methyl sites for hydroxylation is 1. The molecular weight excluding hydrogens is 212 g/mol. The number of ether oxygens (including phenoxy) is 1. The summed E-state index contributed by atoms with van der Waals surface area (Å²) < 4.78 is 5.81. The van der Waals surface area contributed by atoms with Gasteiger partial charge in [-0.2, -0.15) is 4.98 Å². The van der Waals surface area contributed by atoms with E-state index in [1.165, 1.54) is 0 Å². The van der Waals surface area contributed by atoms with Crippen LogP contribution in [0.5, 0.6) is 5.88 Å². The van der Waals surface area contributed by atoms with Gasteiger partial charge in [-0.3, -0.25) is 0 Å². The molecule has 0 fully saturated rings. The Kier molecular flexibility index (Phi) is 3.55. The number of nitrogens with zero attached hydrogens (tertiary/aromatic N) is 2. The fourth-order valence-electron chi connectivity index (χ4n) is 1.00. The van der Waals surface area contributed by atoms with E-state index in [1.807, 2.05) is 20.8 Å². The second-order valence-corrected chi connectivity index (χ2v) is 4.57. The first kappa shape index (κ1) is 12.2. The van der Waals surface area contributed by atoms with Crippen LogP contribution in [-0.2, 0) is 0 Å². The van der Waals surface area contributed by atoms with Gasteiger partial charge in [0.1, 0.15) is 16.6 Å². The third-order valence-corrected chi connectivity index (χ3v) is 2.75. The molecule has 0 aliphatic carbocycles. The molecule has 0 aliphatic heterocycles. The van der Waals surface area contributed by atoms with Crippen molar-refractivity contribution in [3.05, 3.63) is 16.5 Å². The highest BCUT2D eigenvalue weighted by molar-refractivity contribution is 6.30.